The fourth-order valence-corrected chi connectivity index (χ4v) is 2.15. The lowest BCUT2D eigenvalue weighted by Crippen LogP contribution is -2.12. The van der Waals surface area contributed by atoms with Crippen molar-refractivity contribution in [2.24, 2.45) is 5.73 Å². The van der Waals surface area contributed by atoms with Crippen LogP contribution in [-0.2, 0) is 0 Å². The normalized spacial score (nSPS) is 10.5. The Labute approximate surface area is 121 Å². The van der Waals surface area contributed by atoms with Crippen LogP contribution in [0.15, 0.2) is 60.9 Å². The molecule has 104 valence electrons. The van der Waals surface area contributed by atoms with E-state index in [9.17, 15) is 4.79 Å². The van der Waals surface area contributed by atoms with Gasteiger partial charge in [0.1, 0.15) is 0 Å². The summed E-state index contributed by atoms with van der Waals surface area (Å²) in [6, 6.07) is 14.9. The van der Waals surface area contributed by atoms with Gasteiger partial charge in [-0.2, -0.15) is 5.10 Å². The minimum atomic E-state index is -0.501. The maximum absolute atomic E-state index is 11.1. The van der Waals surface area contributed by atoms with E-state index >= 15 is 0 Å². The number of carbonyl (C=O) groups excluding carboxylic acids is 1. The second kappa shape index (κ2) is 5.13. The Hall–Kier alpha value is -3.08. The van der Waals surface area contributed by atoms with Crippen molar-refractivity contribution < 1.29 is 4.79 Å². The smallest absolute Gasteiger partial charge is 0.248 e. The summed E-state index contributed by atoms with van der Waals surface area (Å²) >= 11 is 0. The van der Waals surface area contributed by atoms with Crippen molar-refractivity contribution in [3.8, 4) is 16.8 Å². The fourth-order valence-electron chi connectivity index (χ4n) is 2.15. The van der Waals surface area contributed by atoms with Crippen molar-refractivity contribution in [2.75, 3.05) is 5.73 Å². The molecule has 5 nitrogen and oxygen atoms in total. The lowest BCUT2D eigenvalue weighted by Gasteiger charge is -2.06. The molecule has 0 unspecified atom stereocenters. The quantitative estimate of drug-likeness (QED) is 0.720. The fraction of sp³-hybridized carbons (Fsp3) is 0. The minimum absolute atomic E-state index is 0.381. The molecular formula is C16H14N4O. The summed E-state index contributed by atoms with van der Waals surface area (Å²) in [5.74, 6) is -0.501. The molecule has 0 saturated carbocycles. The number of aromatic nitrogens is 2. The molecular weight excluding hydrogens is 264 g/mol. The number of nitrogens with zero attached hydrogens (tertiary/aromatic N) is 2. The SMILES string of the molecule is NC(=O)c1ccc(-n2cc(-c3ccccc3)cn2)c(N)c1. The highest BCUT2D eigenvalue weighted by molar-refractivity contribution is 5.94. The third kappa shape index (κ3) is 2.49. The highest BCUT2D eigenvalue weighted by Crippen LogP contribution is 2.23. The van der Waals surface area contributed by atoms with E-state index in [0.29, 0.717) is 16.9 Å². The molecule has 1 aromatic heterocycles. The summed E-state index contributed by atoms with van der Waals surface area (Å²) in [5, 5.41) is 4.32. The third-order valence-electron chi connectivity index (χ3n) is 3.25. The average molecular weight is 278 g/mol. The van der Waals surface area contributed by atoms with Crippen LogP contribution in [0.2, 0.25) is 0 Å². The second-order valence-corrected chi connectivity index (χ2v) is 4.68. The van der Waals surface area contributed by atoms with Crippen molar-refractivity contribution in [2.45, 2.75) is 0 Å². The van der Waals surface area contributed by atoms with Crippen LogP contribution in [0.3, 0.4) is 0 Å². The molecule has 3 rings (SSSR count). The van der Waals surface area contributed by atoms with E-state index in [1.807, 2.05) is 36.5 Å². The molecule has 0 atom stereocenters. The molecule has 0 aliphatic heterocycles. The summed E-state index contributed by atoms with van der Waals surface area (Å²) in [6.07, 6.45) is 3.67. The monoisotopic (exact) mass is 278 g/mol. The molecule has 1 amide bonds. The maximum Gasteiger partial charge on any atom is 0.248 e. The summed E-state index contributed by atoms with van der Waals surface area (Å²) in [7, 11) is 0. The first kappa shape index (κ1) is 12.9. The highest BCUT2D eigenvalue weighted by Gasteiger charge is 2.08. The largest absolute Gasteiger partial charge is 0.397 e. The van der Waals surface area contributed by atoms with Crippen molar-refractivity contribution in [1.29, 1.82) is 0 Å². The van der Waals surface area contributed by atoms with Gasteiger partial charge in [-0.15, -0.1) is 0 Å². The Bertz CT molecular complexity index is 793. The zero-order valence-corrected chi connectivity index (χ0v) is 11.2. The number of carbonyl (C=O) groups is 1. The van der Waals surface area contributed by atoms with Crippen molar-refractivity contribution >= 4 is 11.6 Å². The van der Waals surface area contributed by atoms with Crippen LogP contribution < -0.4 is 11.5 Å². The topological polar surface area (TPSA) is 86.9 Å². The number of hydrogen-bond donors (Lipinski definition) is 2. The van der Waals surface area contributed by atoms with Crippen LogP contribution >= 0.6 is 0 Å². The standard InChI is InChI=1S/C16H14N4O/c17-14-8-12(16(18)21)6-7-15(14)20-10-13(9-19-20)11-4-2-1-3-5-11/h1-10H,17H2,(H2,18,21). The van der Waals surface area contributed by atoms with Gasteiger partial charge in [-0.3, -0.25) is 4.79 Å². The molecule has 0 bridgehead atoms. The molecule has 0 aliphatic rings. The third-order valence-corrected chi connectivity index (χ3v) is 3.25. The van der Waals surface area contributed by atoms with Crippen LogP contribution in [-0.4, -0.2) is 15.7 Å². The van der Waals surface area contributed by atoms with E-state index in [1.54, 1.807) is 29.1 Å². The molecule has 0 radical (unpaired) electrons. The summed E-state index contributed by atoms with van der Waals surface area (Å²) in [5.41, 5.74) is 14.8. The van der Waals surface area contributed by atoms with Gasteiger partial charge >= 0.3 is 0 Å². The van der Waals surface area contributed by atoms with E-state index < -0.39 is 5.91 Å². The van der Waals surface area contributed by atoms with E-state index in [-0.39, 0.29) is 0 Å². The Balaban J connectivity index is 1.99. The van der Waals surface area contributed by atoms with Crippen molar-refractivity contribution in [3.63, 3.8) is 0 Å². The molecule has 2 aromatic carbocycles. The van der Waals surface area contributed by atoms with E-state index in [1.165, 1.54) is 0 Å². The number of hydrogen-bond acceptors (Lipinski definition) is 3. The lowest BCUT2D eigenvalue weighted by molar-refractivity contribution is 0.100. The summed E-state index contributed by atoms with van der Waals surface area (Å²) in [6.45, 7) is 0. The molecule has 3 aromatic rings. The molecule has 1 heterocycles. The molecule has 0 saturated heterocycles. The van der Waals surface area contributed by atoms with E-state index in [0.717, 1.165) is 11.1 Å². The van der Waals surface area contributed by atoms with Crippen LogP contribution in [0.25, 0.3) is 16.8 Å². The first-order valence-electron chi connectivity index (χ1n) is 6.45. The molecule has 21 heavy (non-hydrogen) atoms. The summed E-state index contributed by atoms with van der Waals surface area (Å²) < 4.78 is 1.68. The number of nitrogens with two attached hydrogens (primary N) is 2. The number of amides is 1. The molecule has 0 aliphatic carbocycles. The lowest BCUT2D eigenvalue weighted by atomic mass is 10.1. The van der Waals surface area contributed by atoms with Gasteiger partial charge < -0.3 is 11.5 Å². The number of nitrogen functional groups attached to an aromatic ring is 1. The molecule has 4 N–H and O–H groups in total. The van der Waals surface area contributed by atoms with E-state index in [4.69, 9.17) is 11.5 Å². The van der Waals surface area contributed by atoms with Crippen LogP contribution in [0.5, 0.6) is 0 Å². The van der Waals surface area contributed by atoms with Gasteiger partial charge in [0, 0.05) is 17.3 Å². The predicted molar refractivity (Wildman–Crippen MR) is 81.9 cm³/mol. The molecule has 5 heteroatoms. The zero-order chi connectivity index (χ0) is 14.8. The predicted octanol–water partition coefficient (Wildman–Crippen LogP) is 2.22. The van der Waals surface area contributed by atoms with Gasteiger partial charge in [-0.05, 0) is 23.8 Å². The average Bonchev–Trinajstić information content (AvgIpc) is 2.97. The Morgan fingerprint density at radius 1 is 1.05 bits per heavy atom. The van der Waals surface area contributed by atoms with Crippen molar-refractivity contribution in [3.05, 3.63) is 66.5 Å². The number of anilines is 1. The first-order chi connectivity index (χ1) is 10.1. The Kier molecular flexibility index (Phi) is 3.16. The van der Waals surface area contributed by atoms with Crippen LogP contribution in [0.1, 0.15) is 10.4 Å². The maximum atomic E-state index is 11.1. The van der Waals surface area contributed by atoms with Crippen molar-refractivity contribution in [1.82, 2.24) is 9.78 Å². The van der Waals surface area contributed by atoms with Crippen LogP contribution in [0.4, 0.5) is 5.69 Å². The molecule has 0 spiro atoms. The van der Waals surface area contributed by atoms with Gasteiger partial charge in [0.05, 0.1) is 17.6 Å². The van der Waals surface area contributed by atoms with Gasteiger partial charge in [-0.1, -0.05) is 30.3 Å². The van der Waals surface area contributed by atoms with Gasteiger partial charge in [0.15, 0.2) is 0 Å². The highest BCUT2D eigenvalue weighted by atomic mass is 16.1. The zero-order valence-electron chi connectivity index (χ0n) is 11.2. The van der Waals surface area contributed by atoms with E-state index in [2.05, 4.69) is 5.10 Å². The second-order valence-electron chi connectivity index (χ2n) is 4.68. The number of rotatable bonds is 3. The minimum Gasteiger partial charge on any atom is -0.397 e. The Morgan fingerprint density at radius 2 is 1.81 bits per heavy atom. The summed E-state index contributed by atoms with van der Waals surface area (Å²) in [4.78, 5) is 11.1. The van der Waals surface area contributed by atoms with Gasteiger partial charge in [0.25, 0.3) is 0 Å². The Morgan fingerprint density at radius 3 is 2.48 bits per heavy atom. The van der Waals surface area contributed by atoms with Gasteiger partial charge in [0.2, 0.25) is 5.91 Å². The van der Waals surface area contributed by atoms with Gasteiger partial charge in [-0.25, -0.2) is 4.68 Å². The first-order valence-corrected chi connectivity index (χ1v) is 6.45. The molecule has 0 fully saturated rings. The van der Waals surface area contributed by atoms with Crippen LogP contribution in [0, 0.1) is 0 Å². The number of primary amides is 1. The number of benzene rings is 2.